The summed E-state index contributed by atoms with van der Waals surface area (Å²) in [5, 5.41) is 17.8. The fourth-order valence-corrected chi connectivity index (χ4v) is 2.32. The van der Waals surface area contributed by atoms with Gasteiger partial charge in [-0.05, 0) is 24.3 Å². The van der Waals surface area contributed by atoms with Gasteiger partial charge in [-0.25, -0.2) is 0 Å². The van der Waals surface area contributed by atoms with Gasteiger partial charge in [-0.15, -0.1) is 0 Å². The summed E-state index contributed by atoms with van der Waals surface area (Å²) >= 11 is 0. The molecule has 1 aliphatic carbocycles. The Hall–Kier alpha value is -2.01. The van der Waals surface area contributed by atoms with Crippen LogP contribution in [0.1, 0.15) is 36.8 Å². The van der Waals surface area contributed by atoms with Crippen LogP contribution in [-0.4, -0.2) is 44.5 Å². The van der Waals surface area contributed by atoms with Crippen LogP contribution in [0.5, 0.6) is 11.5 Å². The van der Waals surface area contributed by atoms with Crippen LogP contribution in [0.25, 0.3) is 11.5 Å². The van der Waals surface area contributed by atoms with Crippen LogP contribution in [-0.2, 0) is 21.1 Å². The molecule has 6 nitrogen and oxygen atoms in total. The van der Waals surface area contributed by atoms with Gasteiger partial charge in [0, 0.05) is 0 Å². The first-order valence-electron chi connectivity index (χ1n) is 8.42. The second kappa shape index (κ2) is 14.1. The minimum Gasteiger partial charge on any atom is -0.676 e. The van der Waals surface area contributed by atoms with E-state index in [4.69, 9.17) is 31.3 Å². The molecular weight excluding hydrogens is 527 g/mol. The molecule has 2 aromatic rings. The van der Waals surface area contributed by atoms with Crippen molar-refractivity contribution in [2.24, 2.45) is 0 Å². The van der Waals surface area contributed by atoms with Crippen LogP contribution < -0.4 is 0 Å². The summed E-state index contributed by atoms with van der Waals surface area (Å²) in [6.07, 6.45) is 5.99. The molecule has 1 fully saturated rings. The predicted octanol–water partition coefficient (Wildman–Crippen LogP) is 4.23. The van der Waals surface area contributed by atoms with E-state index < -0.39 is 0 Å². The van der Waals surface area contributed by atoms with Gasteiger partial charge in [-0.2, -0.15) is 12.1 Å². The van der Waals surface area contributed by atoms with E-state index in [2.05, 4.69) is 0 Å². The molecule has 0 heterocycles. The maximum atomic E-state index is 8.92. The fraction of sp³-hybridized carbons (Fsp3) is 0.300. The number of benzene rings is 2. The summed E-state index contributed by atoms with van der Waals surface area (Å²) < 4.78 is 0. The smallest absolute Gasteiger partial charge is 0.676 e. The van der Waals surface area contributed by atoms with E-state index in [0.717, 1.165) is 25.4 Å². The molecule has 148 valence electrons. The van der Waals surface area contributed by atoms with Gasteiger partial charge in [-0.3, -0.25) is 9.59 Å². The molecule has 3 rings (SSSR count). The van der Waals surface area contributed by atoms with Crippen LogP contribution in [0.4, 0.5) is 0 Å². The van der Waals surface area contributed by atoms with Gasteiger partial charge in [0.2, 0.25) is 0 Å². The van der Waals surface area contributed by atoms with E-state index in [1.807, 2.05) is 0 Å². The van der Waals surface area contributed by atoms with Crippen LogP contribution >= 0.6 is 0 Å². The molecule has 0 bridgehead atoms. The van der Waals surface area contributed by atoms with E-state index in [9.17, 15) is 0 Å². The Kier molecular flexibility index (Phi) is 13.0. The number of aldehydes is 2. The van der Waals surface area contributed by atoms with Gasteiger partial charge in [0.1, 0.15) is 22.6 Å². The third-order valence-electron chi connectivity index (χ3n) is 3.92. The molecule has 6 N–H and O–H groups in total. The Labute approximate surface area is 173 Å². The fourth-order valence-electron chi connectivity index (χ4n) is 2.32. The molecule has 0 amide bonds. The number of aromatic hydroxyl groups is 2. The van der Waals surface area contributed by atoms with Crippen LogP contribution in [0.3, 0.4) is 0 Å². The third kappa shape index (κ3) is 9.47. The van der Waals surface area contributed by atoms with Crippen molar-refractivity contribution in [3.63, 3.8) is 0 Å². The Morgan fingerprint density at radius 2 is 1.07 bits per heavy atom. The van der Waals surface area contributed by atoms with Crippen LogP contribution in [0, 0.1) is 0 Å². The molecular formula is C20H26N2O4Pt+2. The molecule has 7 heteroatoms. The molecule has 2 unspecified atom stereocenters. The van der Waals surface area contributed by atoms with Crippen molar-refractivity contribution in [1.29, 1.82) is 0 Å². The van der Waals surface area contributed by atoms with E-state index >= 15 is 0 Å². The van der Waals surface area contributed by atoms with E-state index in [-0.39, 0.29) is 44.6 Å². The maximum Gasteiger partial charge on any atom is 2.00 e. The van der Waals surface area contributed by atoms with Gasteiger partial charge in [0.25, 0.3) is 0 Å². The maximum absolute atomic E-state index is 8.92. The van der Waals surface area contributed by atoms with Crippen molar-refractivity contribution in [3.8, 4) is 11.5 Å². The van der Waals surface area contributed by atoms with Crippen molar-refractivity contribution in [2.45, 2.75) is 37.8 Å². The summed E-state index contributed by atoms with van der Waals surface area (Å²) in [7, 11) is 0. The second-order valence-electron chi connectivity index (χ2n) is 5.87. The molecule has 0 aromatic heterocycles. The summed E-state index contributed by atoms with van der Waals surface area (Å²) in [5.74, 6) is 0.194. The Balaban J connectivity index is 0.000000369. The molecule has 2 aromatic carbocycles. The van der Waals surface area contributed by atoms with E-state index in [1.54, 1.807) is 36.4 Å². The molecule has 0 aliphatic heterocycles. The number of para-hydroxylation sites is 2. The molecule has 2 atom stereocenters. The van der Waals surface area contributed by atoms with Crippen LogP contribution in [0.15, 0.2) is 48.5 Å². The van der Waals surface area contributed by atoms with Crippen molar-refractivity contribution in [3.05, 3.63) is 71.1 Å². The van der Waals surface area contributed by atoms with Gasteiger partial charge < -0.3 is 21.7 Å². The zero-order valence-electron chi connectivity index (χ0n) is 14.9. The SMILES string of the molecule is Oc1ccccc1C=[OH+].Oc1ccccc1C=[OH+].[NH-]C1CCCCC1[NH-].[Pt+2]. The Morgan fingerprint density at radius 3 is 1.30 bits per heavy atom. The minimum atomic E-state index is -0.0799. The third-order valence-corrected chi connectivity index (χ3v) is 3.92. The first-order valence-corrected chi connectivity index (χ1v) is 8.42. The monoisotopic (exact) mass is 553 g/mol. The quantitative estimate of drug-likeness (QED) is 0.426. The van der Waals surface area contributed by atoms with Crippen molar-refractivity contribution in [2.75, 3.05) is 0 Å². The largest absolute Gasteiger partial charge is 2.00 e. The van der Waals surface area contributed by atoms with Crippen LogP contribution in [0.2, 0.25) is 0 Å². The van der Waals surface area contributed by atoms with Gasteiger partial charge >= 0.3 is 33.6 Å². The Morgan fingerprint density at radius 1 is 0.741 bits per heavy atom. The first kappa shape index (κ1) is 25.0. The van der Waals surface area contributed by atoms with Gasteiger partial charge in [-0.1, -0.05) is 49.9 Å². The first-order chi connectivity index (χ1) is 12.5. The molecule has 0 spiro atoms. The summed E-state index contributed by atoms with van der Waals surface area (Å²) in [5.41, 5.74) is 15.5. The number of phenols is 2. The van der Waals surface area contributed by atoms with Gasteiger partial charge in [0.15, 0.2) is 0 Å². The van der Waals surface area contributed by atoms with E-state index in [1.165, 1.54) is 25.0 Å². The second-order valence-corrected chi connectivity index (χ2v) is 5.87. The number of hydrogen-bond donors (Lipinski definition) is 2. The van der Waals surface area contributed by atoms with Crippen molar-refractivity contribution in [1.82, 2.24) is 0 Å². The van der Waals surface area contributed by atoms with Crippen molar-refractivity contribution >= 4 is 12.6 Å². The predicted molar refractivity (Wildman–Crippen MR) is 105 cm³/mol. The summed E-state index contributed by atoms with van der Waals surface area (Å²) in [4.78, 5) is 16.9. The molecule has 1 aliphatic rings. The number of phenolic OH excluding ortho intramolecular Hbond substituents is 2. The normalized spacial score (nSPS) is 17.7. The molecule has 0 radical (unpaired) electrons. The number of carbonyl (C=O) groups excluding carboxylic acids is 2. The molecule has 27 heavy (non-hydrogen) atoms. The number of rotatable bonds is 2. The van der Waals surface area contributed by atoms with Gasteiger partial charge in [0.05, 0.1) is 0 Å². The molecule has 1 saturated carbocycles. The van der Waals surface area contributed by atoms with Crippen molar-refractivity contribution < 1.29 is 40.9 Å². The number of nitrogens with one attached hydrogen (secondary N) is 2. The Bertz CT molecular complexity index is 638. The standard InChI is InChI=1S/2C7H6O2.C6H12N2.Pt/c2*8-5-6-3-1-2-4-7(6)9;7-5-3-1-2-4-6(5)8;/h2*1-5,9H;5-8H,1-4H2;/q;;-2;+2/p+2. The average molecular weight is 554 g/mol. The summed E-state index contributed by atoms with van der Waals surface area (Å²) in [6, 6.07) is 13.0. The zero-order valence-corrected chi connectivity index (χ0v) is 17.1. The molecule has 0 saturated heterocycles. The zero-order chi connectivity index (χ0) is 19.4. The number of hydrogen-bond acceptors (Lipinski definition) is 2. The topological polar surface area (TPSA) is 131 Å². The van der Waals surface area contributed by atoms with E-state index in [0.29, 0.717) is 11.1 Å². The summed E-state index contributed by atoms with van der Waals surface area (Å²) in [6.45, 7) is 0. The average Bonchev–Trinajstić information content (AvgIpc) is 2.66. The minimum absolute atomic E-state index is 0.